The molecule has 0 radical (unpaired) electrons. The van der Waals surface area contributed by atoms with Crippen LogP contribution in [0.5, 0.6) is 0 Å². The third kappa shape index (κ3) is 2.45. The Morgan fingerprint density at radius 1 is 0.645 bits per heavy atom. The van der Waals surface area contributed by atoms with Gasteiger partial charge in [0.15, 0.2) is 34.5 Å². The van der Waals surface area contributed by atoms with Crippen molar-refractivity contribution in [1.29, 1.82) is 31.6 Å². The second-order valence-corrected chi connectivity index (χ2v) is 6.13. The van der Waals surface area contributed by atoms with Gasteiger partial charge in [-0.05, 0) is 0 Å². The minimum atomic E-state index is -1.05. The molecule has 12 heteroatoms. The summed E-state index contributed by atoms with van der Waals surface area (Å²) >= 11 is 0. The van der Waals surface area contributed by atoms with Crippen LogP contribution in [0.1, 0.15) is 22.8 Å². The Kier molecular flexibility index (Phi) is 4.05. The van der Waals surface area contributed by atoms with Crippen molar-refractivity contribution >= 4 is 39.2 Å². The molecule has 4 rings (SSSR count). The van der Waals surface area contributed by atoms with Gasteiger partial charge in [0.1, 0.15) is 58.1 Å². The van der Waals surface area contributed by atoms with Crippen molar-refractivity contribution in [3.63, 3.8) is 0 Å². The fourth-order valence-corrected chi connectivity index (χ4v) is 3.24. The average Bonchev–Trinajstić information content (AvgIpc) is 2.81. The lowest BCUT2D eigenvalue weighted by Crippen LogP contribution is -2.39. The zero-order valence-corrected chi connectivity index (χ0v) is 15.4. The van der Waals surface area contributed by atoms with Crippen LogP contribution in [0, 0.1) is 68.0 Å². The summed E-state index contributed by atoms with van der Waals surface area (Å²) in [4.78, 5) is 22.5. The fourth-order valence-electron chi connectivity index (χ4n) is 3.24. The van der Waals surface area contributed by atoms with Gasteiger partial charge < -0.3 is 4.90 Å². The third-order valence-electron chi connectivity index (χ3n) is 4.58. The summed E-state index contributed by atoms with van der Waals surface area (Å²) in [6, 6.07) is 9.93. The van der Waals surface area contributed by atoms with Gasteiger partial charge in [0.05, 0.1) is 11.8 Å². The molecule has 0 saturated heterocycles. The summed E-state index contributed by atoms with van der Waals surface area (Å²) < 4.78 is 0. The van der Waals surface area contributed by atoms with Crippen LogP contribution in [0.2, 0.25) is 0 Å². The Labute approximate surface area is 173 Å². The topological polar surface area (TPSA) is 210 Å². The Balaban J connectivity index is 2.35. The van der Waals surface area contributed by atoms with Gasteiger partial charge in [-0.2, -0.15) is 31.6 Å². The lowest BCUT2D eigenvalue weighted by molar-refractivity contribution is 0.929. The molecule has 12 nitrogen and oxygen atoms in total. The van der Waals surface area contributed by atoms with Crippen molar-refractivity contribution in [3.05, 3.63) is 22.8 Å². The molecule has 0 amide bonds. The van der Waals surface area contributed by atoms with Crippen LogP contribution in [0.25, 0.3) is 22.1 Å². The molecule has 0 N–H and O–H groups in total. The molecule has 0 bridgehead atoms. The van der Waals surface area contributed by atoms with E-state index in [0.29, 0.717) is 0 Å². The molecule has 3 aromatic rings. The van der Waals surface area contributed by atoms with E-state index in [9.17, 15) is 31.6 Å². The Morgan fingerprint density at radius 2 is 1.10 bits per heavy atom. The molecule has 1 aliphatic heterocycles. The highest BCUT2D eigenvalue weighted by Crippen LogP contribution is 2.44. The number of hydrogen-bond acceptors (Lipinski definition) is 12. The van der Waals surface area contributed by atoms with Gasteiger partial charge >= 0.3 is 0 Å². The van der Waals surface area contributed by atoms with Crippen molar-refractivity contribution in [2.45, 2.75) is 6.04 Å². The predicted octanol–water partition coefficient (Wildman–Crippen LogP) is 0.998. The van der Waals surface area contributed by atoms with E-state index in [0.717, 1.165) is 0 Å². The highest BCUT2D eigenvalue weighted by molar-refractivity contribution is 6.20. The molecule has 1 unspecified atom stereocenters. The van der Waals surface area contributed by atoms with E-state index >= 15 is 0 Å². The summed E-state index contributed by atoms with van der Waals surface area (Å²) in [5.41, 5.74) is -0.685. The van der Waals surface area contributed by atoms with Crippen molar-refractivity contribution in [2.24, 2.45) is 4.99 Å². The number of nitrogens with zero attached hydrogens (tertiary/aromatic N) is 12. The lowest BCUT2D eigenvalue weighted by atomic mass is 10.0. The van der Waals surface area contributed by atoms with E-state index in [4.69, 9.17) is 0 Å². The van der Waals surface area contributed by atoms with E-state index in [2.05, 4.69) is 24.9 Å². The van der Waals surface area contributed by atoms with Crippen LogP contribution in [0.3, 0.4) is 0 Å². The van der Waals surface area contributed by atoms with Gasteiger partial charge in [-0.3, -0.25) is 0 Å². The first kappa shape index (κ1) is 18.7. The molecule has 1 aliphatic rings. The quantitative estimate of drug-likeness (QED) is 0.485. The zero-order valence-electron chi connectivity index (χ0n) is 15.4. The third-order valence-corrected chi connectivity index (χ3v) is 4.58. The normalized spacial score (nSPS) is 14.2. The summed E-state index contributed by atoms with van der Waals surface area (Å²) in [6.45, 7) is 0. The van der Waals surface area contributed by atoms with Crippen molar-refractivity contribution < 1.29 is 0 Å². The largest absolute Gasteiger partial charge is 0.350 e. The maximum Gasteiger partial charge on any atom is 0.177 e. The van der Waals surface area contributed by atoms with Gasteiger partial charge in [0, 0.05) is 7.05 Å². The first-order valence-corrected chi connectivity index (χ1v) is 8.33. The Morgan fingerprint density at radius 3 is 1.55 bits per heavy atom. The monoisotopic (exact) mass is 400 g/mol. The number of nitriles is 6. The van der Waals surface area contributed by atoms with Gasteiger partial charge in [0.25, 0.3) is 0 Å². The first-order valence-electron chi connectivity index (χ1n) is 8.33. The fraction of sp³-hybridized carbons (Fsp3) is 0.105. The molecule has 2 aromatic heterocycles. The number of aliphatic imine (C=N–C) groups is 1. The van der Waals surface area contributed by atoms with Crippen LogP contribution in [-0.4, -0.2) is 38.7 Å². The standard InChI is InChI=1S/C19H4N12/c1-31-13(7-25)12(6-24)30-18-16-14(26-8(2-20)9(3-21)27-16)15-17(19(18)31)29-11(5-23)10(4-22)28-15/h13H,1H3. The maximum atomic E-state index is 9.55. The number of rotatable bonds is 0. The highest BCUT2D eigenvalue weighted by atomic mass is 15.2. The molecular weight excluding hydrogens is 396 g/mol. The van der Waals surface area contributed by atoms with Gasteiger partial charge in [0.2, 0.25) is 0 Å². The molecule has 0 spiro atoms. The summed E-state index contributed by atoms with van der Waals surface area (Å²) in [7, 11) is 1.53. The van der Waals surface area contributed by atoms with Crippen LogP contribution in [-0.2, 0) is 0 Å². The maximum absolute atomic E-state index is 9.55. The highest BCUT2D eigenvalue weighted by Gasteiger charge is 2.34. The minimum Gasteiger partial charge on any atom is -0.350 e. The number of benzene rings is 1. The van der Waals surface area contributed by atoms with Crippen LogP contribution in [0.4, 0.5) is 11.4 Å². The molecule has 1 aromatic carbocycles. The van der Waals surface area contributed by atoms with E-state index in [-0.39, 0.29) is 61.9 Å². The SMILES string of the molecule is CN1c2c(c3nc(C#N)c(C#N)nc3c3nc(C#N)c(C#N)nc23)N=C(C#N)C1C#N. The zero-order chi connectivity index (χ0) is 22.3. The van der Waals surface area contributed by atoms with E-state index in [1.807, 2.05) is 12.1 Å². The van der Waals surface area contributed by atoms with E-state index < -0.39 is 6.04 Å². The number of fused-ring (bicyclic) bond motifs is 6. The van der Waals surface area contributed by atoms with Crippen molar-refractivity contribution in [2.75, 3.05) is 11.9 Å². The summed E-state index contributed by atoms with van der Waals surface area (Å²) in [5.74, 6) is 0. The number of aromatic nitrogens is 4. The molecule has 1 atom stereocenters. The molecule has 140 valence electrons. The molecule has 0 fully saturated rings. The van der Waals surface area contributed by atoms with E-state index in [1.165, 1.54) is 11.9 Å². The predicted molar refractivity (Wildman–Crippen MR) is 102 cm³/mol. The van der Waals surface area contributed by atoms with Crippen molar-refractivity contribution in [3.8, 4) is 36.4 Å². The van der Waals surface area contributed by atoms with Crippen LogP contribution < -0.4 is 4.90 Å². The lowest BCUT2D eigenvalue weighted by Gasteiger charge is -2.30. The number of hydrogen-bond donors (Lipinski definition) is 0. The summed E-state index contributed by atoms with van der Waals surface area (Å²) in [6.07, 6.45) is 0. The molecule has 0 saturated carbocycles. The minimum absolute atomic E-state index is 0.0163. The summed E-state index contributed by atoms with van der Waals surface area (Å²) in [5, 5.41) is 56.4. The van der Waals surface area contributed by atoms with Gasteiger partial charge in [-0.25, -0.2) is 24.9 Å². The smallest absolute Gasteiger partial charge is 0.177 e. The van der Waals surface area contributed by atoms with Crippen molar-refractivity contribution in [1.82, 2.24) is 19.9 Å². The van der Waals surface area contributed by atoms with Crippen LogP contribution >= 0.6 is 0 Å². The number of anilines is 1. The molecule has 0 aliphatic carbocycles. The van der Waals surface area contributed by atoms with E-state index in [1.54, 1.807) is 24.3 Å². The molecule has 31 heavy (non-hydrogen) atoms. The molecular formula is C19H4N12. The Hall–Kier alpha value is -5.69. The first-order chi connectivity index (χ1) is 15.0. The second kappa shape index (κ2) is 6.73. The Bertz CT molecular complexity index is 1620. The van der Waals surface area contributed by atoms with Gasteiger partial charge in [-0.15, -0.1) is 0 Å². The average molecular weight is 400 g/mol. The van der Waals surface area contributed by atoms with Crippen LogP contribution in [0.15, 0.2) is 4.99 Å². The molecule has 3 heterocycles. The second-order valence-electron chi connectivity index (χ2n) is 6.13. The van der Waals surface area contributed by atoms with Gasteiger partial charge in [-0.1, -0.05) is 0 Å².